The second-order valence-electron chi connectivity index (χ2n) is 1.83. The molecule has 0 fully saturated rings. The number of thiophene rings is 1. The lowest BCUT2D eigenvalue weighted by Crippen LogP contribution is -1.92. The van der Waals surface area contributed by atoms with Gasteiger partial charge in [-0.15, -0.1) is 11.3 Å². The van der Waals surface area contributed by atoms with Gasteiger partial charge in [-0.05, 0) is 18.4 Å². The quantitative estimate of drug-likeness (QED) is 0.453. The summed E-state index contributed by atoms with van der Waals surface area (Å²) >= 11 is 1.48. The molecule has 0 unspecified atom stereocenters. The van der Waals surface area contributed by atoms with E-state index in [9.17, 15) is 4.79 Å². The second kappa shape index (κ2) is 2.63. The summed E-state index contributed by atoms with van der Waals surface area (Å²) in [5, 5.41) is 10.0. The summed E-state index contributed by atoms with van der Waals surface area (Å²) in [6, 6.07) is 3.25. The van der Waals surface area contributed by atoms with E-state index < -0.39 is 5.78 Å². The molecule has 0 aliphatic carbocycles. The van der Waals surface area contributed by atoms with Crippen LogP contribution < -0.4 is 0 Å². The van der Waals surface area contributed by atoms with Gasteiger partial charge in [0.05, 0.1) is 0 Å². The summed E-state index contributed by atoms with van der Waals surface area (Å²) in [7, 11) is 0. The lowest BCUT2D eigenvalue weighted by Gasteiger charge is -1.85. The maximum atomic E-state index is 10.7. The molecule has 0 aliphatic heterocycles. The first-order valence-electron chi connectivity index (χ1n) is 2.74. The minimum absolute atomic E-state index is 0.446. The number of rotatable bonds is 1. The molecule has 10 heavy (non-hydrogen) atoms. The highest BCUT2D eigenvalue weighted by atomic mass is 32.1. The average molecular weight is 151 g/mol. The van der Waals surface area contributed by atoms with Crippen LogP contribution in [-0.4, -0.2) is 5.78 Å². The standard InChI is InChI=1S/C7H5NOS/c1-5-6(2-3-10-5)7(9)4-8/h2-3H,1H3. The number of ketones is 1. The van der Waals surface area contributed by atoms with Crippen molar-refractivity contribution in [3.8, 4) is 6.07 Å². The zero-order valence-electron chi connectivity index (χ0n) is 5.42. The van der Waals surface area contributed by atoms with Crippen LogP contribution in [0.1, 0.15) is 15.2 Å². The van der Waals surface area contributed by atoms with Crippen LogP contribution in [0.4, 0.5) is 0 Å². The molecule has 0 amide bonds. The van der Waals surface area contributed by atoms with Crippen molar-refractivity contribution in [2.45, 2.75) is 6.92 Å². The van der Waals surface area contributed by atoms with Gasteiger partial charge in [0, 0.05) is 10.4 Å². The Hall–Kier alpha value is -1.14. The van der Waals surface area contributed by atoms with Gasteiger partial charge < -0.3 is 0 Å². The minimum atomic E-state index is -0.446. The third-order valence-corrected chi connectivity index (χ3v) is 2.05. The van der Waals surface area contributed by atoms with E-state index in [1.165, 1.54) is 11.3 Å². The van der Waals surface area contributed by atoms with E-state index in [0.29, 0.717) is 5.56 Å². The Bertz CT molecular complexity index is 295. The summed E-state index contributed by atoms with van der Waals surface area (Å²) in [6.45, 7) is 1.83. The molecule has 1 heterocycles. The molecule has 2 nitrogen and oxygen atoms in total. The largest absolute Gasteiger partial charge is 0.277 e. The topological polar surface area (TPSA) is 40.9 Å². The highest BCUT2D eigenvalue weighted by Gasteiger charge is 2.07. The van der Waals surface area contributed by atoms with Gasteiger partial charge in [-0.25, -0.2) is 0 Å². The van der Waals surface area contributed by atoms with E-state index in [0.717, 1.165) is 4.88 Å². The number of Topliss-reactive ketones (excluding diaryl/α,β-unsaturated/α-hetero) is 1. The van der Waals surface area contributed by atoms with Crippen LogP contribution >= 0.6 is 11.3 Å². The SMILES string of the molecule is Cc1sccc1C(=O)C#N. The first-order valence-corrected chi connectivity index (χ1v) is 3.62. The van der Waals surface area contributed by atoms with Gasteiger partial charge in [0.2, 0.25) is 0 Å². The van der Waals surface area contributed by atoms with Gasteiger partial charge in [0.1, 0.15) is 6.07 Å². The molecule has 0 saturated heterocycles. The number of hydrogen-bond donors (Lipinski definition) is 0. The Morgan fingerprint density at radius 1 is 1.80 bits per heavy atom. The lowest BCUT2D eigenvalue weighted by molar-refractivity contribution is 0.105. The normalized spacial score (nSPS) is 8.80. The fourth-order valence-electron chi connectivity index (χ4n) is 0.681. The Kier molecular flexibility index (Phi) is 1.83. The maximum Gasteiger partial charge on any atom is 0.263 e. The molecule has 3 heteroatoms. The van der Waals surface area contributed by atoms with Crippen LogP contribution in [0, 0.1) is 18.3 Å². The van der Waals surface area contributed by atoms with Crippen molar-refractivity contribution in [1.82, 2.24) is 0 Å². The summed E-state index contributed by atoms with van der Waals surface area (Å²) in [5.41, 5.74) is 0.535. The Labute approximate surface area is 62.7 Å². The fraction of sp³-hybridized carbons (Fsp3) is 0.143. The Morgan fingerprint density at radius 2 is 2.50 bits per heavy atom. The third-order valence-electron chi connectivity index (χ3n) is 1.20. The molecule has 0 aliphatic rings. The monoisotopic (exact) mass is 151 g/mol. The zero-order chi connectivity index (χ0) is 7.56. The molecule has 1 aromatic rings. The average Bonchev–Trinajstić information content (AvgIpc) is 2.34. The van der Waals surface area contributed by atoms with Gasteiger partial charge in [0.15, 0.2) is 0 Å². The third kappa shape index (κ3) is 1.07. The van der Waals surface area contributed by atoms with Crippen LogP contribution in [0.15, 0.2) is 11.4 Å². The predicted molar refractivity (Wildman–Crippen MR) is 39.0 cm³/mol. The molecule has 0 aromatic carbocycles. The predicted octanol–water partition coefficient (Wildman–Crippen LogP) is 1.76. The molecule has 0 saturated carbocycles. The molecular formula is C7H5NOS. The van der Waals surface area contributed by atoms with Gasteiger partial charge >= 0.3 is 0 Å². The lowest BCUT2D eigenvalue weighted by atomic mass is 10.2. The van der Waals surface area contributed by atoms with Gasteiger partial charge in [0.25, 0.3) is 5.78 Å². The number of carbonyl (C=O) groups excluding carboxylic acids is 1. The van der Waals surface area contributed by atoms with Crippen molar-refractivity contribution >= 4 is 17.1 Å². The van der Waals surface area contributed by atoms with Crippen molar-refractivity contribution < 1.29 is 4.79 Å². The van der Waals surface area contributed by atoms with Crippen LogP contribution in [0.3, 0.4) is 0 Å². The molecule has 1 aromatic heterocycles. The van der Waals surface area contributed by atoms with Crippen molar-refractivity contribution in [2.24, 2.45) is 0 Å². The molecule has 50 valence electrons. The van der Waals surface area contributed by atoms with Crippen LogP contribution in [0.2, 0.25) is 0 Å². The Balaban J connectivity index is 3.08. The zero-order valence-corrected chi connectivity index (χ0v) is 6.23. The highest BCUT2D eigenvalue weighted by Crippen LogP contribution is 2.14. The number of hydrogen-bond acceptors (Lipinski definition) is 3. The van der Waals surface area contributed by atoms with E-state index in [2.05, 4.69) is 0 Å². The molecule has 0 atom stereocenters. The van der Waals surface area contributed by atoms with Crippen molar-refractivity contribution in [2.75, 3.05) is 0 Å². The van der Waals surface area contributed by atoms with Crippen LogP contribution in [0.25, 0.3) is 0 Å². The van der Waals surface area contributed by atoms with Gasteiger partial charge in [-0.3, -0.25) is 4.79 Å². The number of nitriles is 1. The maximum absolute atomic E-state index is 10.7. The van der Waals surface area contributed by atoms with Crippen molar-refractivity contribution in [1.29, 1.82) is 5.26 Å². The van der Waals surface area contributed by atoms with E-state index in [-0.39, 0.29) is 0 Å². The van der Waals surface area contributed by atoms with Crippen molar-refractivity contribution in [3.05, 3.63) is 21.9 Å². The highest BCUT2D eigenvalue weighted by molar-refractivity contribution is 7.10. The fourth-order valence-corrected chi connectivity index (χ4v) is 1.38. The van der Waals surface area contributed by atoms with Crippen LogP contribution in [-0.2, 0) is 0 Å². The molecule has 0 N–H and O–H groups in total. The van der Waals surface area contributed by atoms with Crippen LogP contribution in [0.5, 0.6) is 0 Å². The first-order chi connectivity index (χ1) is 4.75. The number of carbonyl (C=O) groups is 1. The molecule has 0 radical (unpaired) electrons. The first kappa shape index (κ1) is 6.97. The summed E-state index contributed by atoms with van der Waals surface area (Å²) < 4.78 is 0. The van der Waals surface area contributed by atoms with Crippen molar-refractivity contribution in [3.63, 3.8) is 0 Å². The summed E-state index contributed by atoms with van der Waals surface area (Å²) in [6.07, 6.45) is 0. The number of aryl methyl sites for hydroxylation is 1. The van der Waals surface area contributed by atoms with E-state index >= 15 is 0 Å². The Morgan fingerprint density at radius 3 is 2.90 bits per heavy atom. The smallest absolute Gasteiger partial charge is 0.263 e. The number of nitrogens with zero attached hydrogens (tertiary/aromatic N) is 1. The molecule has 0 spiro atoms. The minimum Gasteiger partial charge on any atom is -0.277 e. The second-order valence-corrected chi connectivity index (χ2v) is 2.95. The molecule has 1 rings (SSSR count). The molecular weight excluding hydrogens is 146 g/mol. The summed E-state index contributed by atoms with van der Waals surface area (Å²) in [4.78, 5) is 11.6. The van der Waals surface area contributed by atoms with E-state index in [1.54, 1.807) is 17.5 Å². The molecule has 0 bridgehead atoms. The van der Waals surface area contributed by atoms with Gasteiger partial charge in [-0.2, -0.15) is 5.26 Å². The van der Waals surface area contributed by atoms with E-state index in [4.69, 9.17) is 5.26 Å². The van der Waals surface area contributed by atoms with Gasteiger partial charge in [-0.1, -0.05) is 0 Å². The summed E-state index contributed by atoms with van der Waals surface area (Å²) in [5.74, 6) is -0.446. The van der Waals surface area contributed by atoms with E-state index in [1.807, 2.05) is 6.92 Å².